The van der Waals surface area contributed by atoms with Crippen molar-refractivity contribution >= 4 is 56.4 Å². The van der Waals surface area contributed by atoms with Crippen molar-refractivity contribution in [1.82, 2.24) is 15.3 Å². The van der Waals surface area contributed by atoms with Gasteiger partial charge in [-0.05, 0) is 55.3 Å². The second-order valence-corrected chi connectivity index (χ2v) is 11.9. The second-order valence-electron chi connectivity index (χ2n) is 9.21. The third-order valence-corrected chi connectivity index (χ3v) is 9.40. The first-order valence-electron chi connectivity index (χ1n) is 11.5. The molecule has 6 rings (SSSR count). The van der Waals surface area contributed by atoms with Gasteiger partial charge in [-0.1, -0.05) is 23.2 Å². The highest BCUT2D eigenvalue weighted by atomic mass is 35.5. The van der Waals surface area contributed by atoms with Crippen LogP contribution >= 0.6 is 23.2 Å². The standard InChI is InChI=1S/C24H24Cl2N6O2S/c25-16-1-6-20(26)21(13-16)35(33,34)32-15-24(7-8-24)19-14-28-23(30-22(19)32)29-17-2-4-18(5-3-17)31-11-9-27-10-12-31/h1-6,13-14,27H,7-12,15H2,(H,28,29,30). The second kappa shape index (κ2) is 8.51. The van der Waals surface area contributed by atoms with Gasteiger partial charge in [0.05, 0.1) is 5.02 Å². The van der Waals surface area contributed by atoms with E-state index in [1.165, 1.54) is 22.1 Å². The zero-order chi connectivity index (χ0) is 24.2. The average molecular weight is 531 g/mol. The number of nitrogens with one attached hydrogen (secondary N) is 2. The van der Waals surface area contributed by atoms with Gasteiger partial charge in [-0.3, -0.25) is 0 Å². The van der Waals surface area contributed by atoms with Crippen LogP contribution in [0.25, 0.3) is 0 Å². The van der Waals surface area contributed by atoms with E-state index in [1.807, 2.05) is 12.1 Å². The number of aromatic nitrogens is 2. The predicted octanol–water partition coefficient (Wildman–Crippen LogP) is 4.18. The monoisotopic (exact) mass is 530 g/mol. The highest BCUT2D eigenvalue weighted by Gasteiger charge is 2.55. The minimum atomic E-state index is -3.96. The molecule has 0 amide bonds. The normalized spacial score (nSPS) is 18.6. The van der Waals surface area contributed by atoms with Crippen molar-refractivity contribution in [2.75, 3.05) is 47.2 Å². The number of hydrogen-bond acceptors (Lipinski definition) is 7. The highest BCUT2D eigenvalue weighted by Crippen LogP contribution is 2.57. The van der Waals surface area contributed by atoms with Crippen molar-refractivity contribution in [2.24, 2.45) is 0 Å². The number of fused-ring (bicyclic) bond motifs is 2. The summed E-state index contributed by atoms with van der Waals surface area (Å²) in [6.07, 6.45) is 3.56. The first-order chi connectivity index (χ1) is 16.9. The third-order valence-electron chi connectivity index (χ3n) is 6.94. The van der Waals surface area contributed by atoms with E-state index in [-0.39, 0.29) is 15.3 Å². The van der Waals surface area contributed by atoms with E-state index in [0.29, 0.717) is 23.3 Å². The summed E-state index contributed by atoms with van der Waals surface area (Å²) in [6.45, 7) is 4.23. The zero-order valence-electron chi connectivity index (χ0n) is 18.8. The Balaban J connectivity index is 1.30. The molecule has 0 bridgehead atoms. The number of rotatable bonds is 5. The summed E-state index contributed by atoms with van der Waals surface area (Å²) in [6, 6.07) is 12.6. The van der Waals surface area contributed by atoms with E-state index in [0.717, 1.165) is 50.3 Å². The van der Waals surface area contributed by atoms with Crippen LogP contribution in [-0.4, -0.2) is 51.1 Å². The molecule has 182 valence electrons. The number of nitrogens with zero attached hydrogens (tertiary/aromatic N) is 4. The molecular formula is C24H24Cl2N6O2S. The van der Waals surface area contributed by atoms with Crippen LogP contribution in [0.4, 0.5) is 23.1 Å². The first kappa shape index (κ1) is 22.8. The summed E-state index contributed by atoms with van der Waals surface area (Å²) in [5.41, 5.74) is 2.63. The van der Waals surface area contributed by atoms with Crippen LogP contribution in [-0.2, 0) is 15.4 Å². The topological polar surface area (TPSA) is 90.5 Å². The van der Waals surface area contributed by atoms with E-state index >= 15 is 0 Å². The molecule has 2 aromatic carbocycles. The molecule has 3 aliphatic rings. The smallest absolute Gasteiger partial charge is 0.267 e. The van der Waals surface area contributed by atoms with Crippen molar-refractivity contribution in [3.63, 3.8) is 0 Å². The fourth-order valence-electron chi connectivity index (χ4n) is 4.81. The molecule has 3 aromatic rings. The van der Waals surface area contributed by atoms with Crippen molar-refractivity contribution in [3.8, 4) is 0 Å². The average Bonchev–Trinajstić information content (AvgIpc) is 3.57. The molecule has 0 atom stereocenters. The number of anilines is 4. The van der Waals surface area contributed by atoms with Gasteiger partial charge in [0.15, 0.2) is 5.82 Å². The summed E-state index contributed by atoms with van der Waals surface area (Å²) < 4.78 is 28.6. The molecule has 2 fully saturated rings. The lowest BCUT2D eigenvalue weighted by molar-refractivity contribution is 0.588. The highest BCUT2D eigenvalue weighted by molar-refractivity contribution is 7.93. The fourth-order valence-corrected chi connectivity index (χ4v) is 7.07. The Morgan fingerprint density at radius 2 is 1.77 bits per heavy atom. The Bertz CT molecular complexity index is 1390. The minimum Gasteiger partial charge on any atom is -0.369 e. The maximum absolute atomic E-state index is 13.6. The largest absolute Gasteiger partial charge is 0.369 e. The summed E-state index contributed by atoms with van der Waals surface area (Å²) >= 11 is 12.4. The van der Waals surface area contributed by atoms with Crippen LogP contribution in [0.3, 0.4) is 0 Å². The maximum atomic E-state index is 13.6. The van der Waals surface area contributed by atoms with Crippen LogP contribution in [0, 0.1) is 0 Å². The van der Waals surface area contributed by atoms with E-state index in [4.69, 9.17) is 23.2 Å². The molecular weight excluding hydrogens is 507 g/mol. The van der Waals surface area contributed by atoms with Gasteiger partial charge in [0, 0.05) is 66.3 Å². The summed E-state index contributed by atoms with van der Waals surface area (Å²) in [4.78, 5) is 11.5. The third kappa shape index (κ3) is 4.10. The van der Waals surface area contributed by atoms with Crippen molar-refractivity contribution in [3.05, 3.63) is 64.3 Å². The van der Waals surface area contributed by atoms with Gasteiger partial charge in [0.25, 0.3) is 10.0 Å². The molecule has 1 saturated heterocycles. The molecule has 1 aliphatic carbocycles. The molecule has 2 aliphatic heterocycles. The van der Waals surface area contributed by atoms with Crippen molar-refractivity contribution in [1.29, 1.82) is 0 Å². The predicted molar refractivity (Wildman–Crippen MR) is 139 cm³/mol. The lowest BCUT2D eigenvalue weighted by Gasteiger charge is -2.29. The lowest BCUT2D eigenvalue weighted by Crippen LogP contribution is -2.43. The molecule has 2 N–H and O–H groups in total. The fraction of sp³-hybridized carbons (Fsp3) is 0.333. The number of halogens is 2. The van der Waals surface area contributed by atoms with Gasteiger partial charge in [0.1, 0.15) is 4.90 Å². The molecule has 0 unspecified atom stereocenters. The van der Waals surface area contributed by atoms with Gasteiger partial charge in [0.2, 0.25) is 5.95 Å². The zero-order valence-corrected chi connectivity index (χ0v) is 21.2. The van der Waals surface area contributed by atoms with Crippen LogP contribution < -0.4 is 19.8 Å². The quantitative estimate of drug-likeness (QED) is 0.511. The van der Waals surface area contributed by atoms with Crippen LogP contribution in [0.5, 0.6) is 0 Å². The van der Waals surface area contributed by atoms with Crippen molar-refractivity contribution < 1.29 is 8.42 Å². The van der Waals surface area contributed by atoms with E-state index < -0.39 is 10.0 Å². The van der Waals surface area contributed by atoms with Crippen LogP contribution in [0.15, 0.2) is 53.6 Å². The SMILES string of the molecule is O=S(=O)(c1cc(Cl)ccc1Cl)N1CC2(CC2)c2cnc(Nc3ccc(N4CCNCC4)cc3)nc21. The molecule has 1 spiro atoms. The number of sulfonamides is 1. The molecule has 3 heterocycles. The number of hydrogen-bond donors (Lipinski definition) is 2. The van der Waals surface area contributed by atoms with Crippen LogP contribution in [0.2, 0.25) is 10.0 Å². The van der Waals surface area contributed by atoms with Gasteiger partial charge < -0.3 is 15.5 Å². The lowest BCUT2D eigenvalue weighted by atomic mass is 10.0. The molecule has 1 aromatic heterocycles. The first-order valence-corrected chi connectivity index (χ1v) is 13.7. The molecule has 0 radical (unpaired) electrons. The Labute approximate surface area is 214 Å². The Hall–Kier alpha value is -2.59. The van der Waals surface area contributed by atoms with Crippen LogP contribution in [0.1, 0.15) is 18.4 Å². The van der Waals surface area contributed by atoms with Gasteiger partial charge in [-0.2, -0.15) is 4.98 Å². The molecule has 11 heteroatoms. The minimum absolute atomic E-state index is 0.0214. The summed E-state index contributed by atoms with van der Waals surface area (Å²) in [5, 5.41) is 7.02. The maximum Gasteiger partial charge on any atom is 0.267 e. The van der Waals surface area contributed by atoms with Gasteiger partial charge in [-0.25, -0.2) is 17.7 Å². The van der Waals surface area contributed by atoms with E-state index in [1.54, 1.807) is 12.3 Å². The summed E-state index contributed by atoms with van der Waals surface area (Å²) in [5.74, 6) is 0.738. The number of piperazine rings is 1. The number of benzene rings is 2. The molecule has 1 saturated carbocycles. The van der Waals surface area contributed by atoms with E-state index in [9.17, 15) is 8.42 Å². The van der Waals surface area contributed by atoms with Crippen molar-refractivity contribution in [2.45, 2.75) is 23.2 Å². The Morgan fingerprint density at radius 1 is 1.03 bits per heavy atom. The van der Waals surface area contributed by atoms with E-state index in [2.05, 4.69) is 37.6 Å². The Morgan fingerprint density at radius 3 is 2.49 bits per heavy atom. The van der Waals surface area contributed by atoms with Gasteiger partial charge in [-0.15, -0.1) is 0 Å². The summed E-state index contributed by atoms with van der Waals surface area (Å²) in [7, 11) is -3.96. The Kier molecular flexibility index (Phi) is 5.56. The van der Waals surface area contributed by atoms with Gasteiger partial charge >= 0.3 is 0 Å². The molecule has 8 nitrogen and oxygen atoms in total. The molecule has 35 heavy (non-hydrogen) atoms.